The van der Waals surface area contributed by atoms with Gasteiger partial charge < -0.3 is 9.88 Å². The molecule has 1 aromatic carbocycles. The standard InChI is InChI=1S/C16H17N5S/c1-12-4-2-3-5-14(12)21-11-20(9-15-17-6-7-22-15)8-13-16(21)19-10-18-13/h2-7,10H,8-9,11H2,1H3,(H,18,19). The van der Waals surface area contributed by atoms with Gasteiger partial charge in [0, 0.05) is 23.8 Å². The highest BCUT2D eigenvalue weighted by Crippen LogP contribution is 2.33. The van der Waals surface area contributed by atoms with Crippen molar-refractivity contribution in [3.8, 4) is 0 Å². The number of aromatic amines is 1. The molecule has 0 saturated carbocycles. The van der Waals surface area contributed by atoms with Gasteiger partial charge in [-0.15, -0.1) is 11.3 Å². The zero-order chi connectivity index (χ0) is 14.9. The minimum absolute atomic E-state index is 0.822. The first-order valence-corrected chi connectivity index (χ1v) is 8.15. The van der Waals surface area contributed by atoms with Gasteiger partial charge in [0.25, 0.3) is 0 Å². The minimum Gasteiger partial charge on any atom is -0.346 e. The molecular weight excluding hydrogens is 294 g/mol. The van der Waals surface area contributed by atoms with Gasteiger partial charge in [-0.25, -0.2) is 9.97 Å². The quantitative estimate of drug-likeness (QED) is 0.806. The van der Waals surface area contributed by atoms with Crippen molar-refractivity contribution in [2.24, 2.45) is 0 Å². The lowest BCUT2D eigenvalue weighted by atomic mass is 10.1. The second-order valence-electron chi connectivity index (χ2n) is 5.47. The van der Waals surface area contributed by atoms with E-state index in [1.54, 1.807) is 17.7 Å². The van der Waals surface area contributed by atoms with Crippen molar-refractivity contribution in [3.63, 3.8) is 0 Å². The first-order valence-electron chi connectivity index (χ1n) is 7.27. The van der Waals surface area contributed by atoms with Crippen LogP contribution in [-0.2, 0) is 13.1 Å². The van der Waals surface area contributed by atoms with E-state index in [2.05, 4.69) is 55.9 Å². The molecule has 0 atom stereocenters. The Labute approximate surface area is 133 Å². The number of aryl methyl sites for hydroxylation is 1. The number of nitrogens with one attached hydrogen (secondary N) is 1. The molecule has 1 N–H and O–H groups in total. The maximum Gasteiger partial charge on any atom is 0.156 e. The second kappa shape index (κ2) is 5.55. The van der Waals surface area contributed by atoms with Crippen molar-refractivity contribution in [1.82, 2.24) is 19.9 Å². The van der Waals surface area contributed by atoms with E-state index in [-0.39, 0.29) is 0 Å². The number of thiazole rings is 1. The molecule has 1 aliphatic rings. The SMILES string of the molecule is Cc1ccccc1N1CN(Cc2nccs2)Cc2[nH]cnc21. The van der Waals surface area contributed by atoms with Crippen LogP contribution in [0.1, 0.15) is 16.3 Å². The van der Waals surface area contributed by atoms with Crippen LogP contribution in [0.25, 0.3) is 0 Å². The van der Waals surface area contributed by atoms with Crippen molar-refractivity contribution < 1.29 is 0 Å². The first kappa shape index (κ1) is 13.5. The zero-order valence-corrected chi connectivity index (χ0v) is 13.2. The summed E-state index contributed by atoms with van der Waals surface area (Å²) < 4.78 is 0. The third-order valence-corrected chi connectivity index (χ3v) is 4.69. The van der Waals surface area contributed by atoms with Gasteiger partial charge in [0.05, 0.1) is 25.2 Å². The van der Waals surface area contributed by atoms with E-state index in [1.807, 2.05) is 11.6 Å². The van der Waals surface area contributed by atoms with Crippen molar-refractivity contribution in [3.05, 3.63) is 58.4 Å². The number of nitrogens with zero attached hydrogens (tertiary/aromatic N) is 4. The van der Waals surface area contributed by atoms with E-state index in [0.29, 0.717) is 0 Å². The smallest absolute Gasteiger partial charge is 0.156 e. The highest BCUT2D eigenvalue weighted by Gasteiger charge is 2.27. The number of imidazole rings is 1. The number of para-hydroxylation sites is 1. The normalized spacial score (nSPS) is 15.0. The van der Waals surface area contributed by atoms with Gasteiger partial charge in [-0.05, 0) is 18.6 Å². The van der Waals surface area contributed by atoms with E-state index in [0.717, 1.165) is 36.3 Å². The molecule has 22 heavy (non-hydrogen) atoms. The molecule has 5 nitrogen and oxygen atoms in total. The van der Waals surface area contributed by atoms with Crippen LogP contribution < -0.4 is 4.90 Å². The highest BCUT2D eigenvalue weighted by atomic mass is 32.1. The summed E-state index contributed by atoms with van der Waals surface area (Å²) in [6.07, 6.45) is 3.65. The van der Waals surface area contributed by atoms with Crippen LogP contribution in [0.4, 0.5) is 11.5 Å². The number of rotatable bonds is 3. The number of fused-ring (bicyclic) bond motifs is 1. The predicted molar refractivity (Wildman–Crippen MR) is 88.1 cm³/mol. The fraction of sp³-hybridized carbons (Fsp3) is 0.250. The highest BCUT2D eigenvalue weighted by molar-refractivity contribution is 7.09. The molecule has 0 spiro atoms. The van der Waals surface area contributed by atoms with Crippen LogP contribution in [0, 0.1) is 6.92 Å². The van der Waals surface area contributed by atoms with Crippen LogP contribution in [-0.4, -0.2) is 26.5 Å². The minimum atomic E-state index is 0.822. The maximum atomic E-state index is 4.52. The summed E-state index contributed by atoms with van der Waals surface area (Å²) in [5.74, 6) is 1.03. The fourth-order valence-corrected chi connectivity index (χ4v) is 3.55. The monoisotopic (exact) mass is 311 g/mol. The Morgan fingerprint density at radius 2 is 2.18 bits per heavy atom. The number of H-pyrrole nitrogens is 1. The number of benzene rings is 1. The predicted octanol–water partition coefficient (Wildman–Crippen LogP) is 3.29. The molecule has 0 aliphatic carbocycles. The third kappa shape index (κ3) is 2.40. The van der Waals surface area contributed by atoms with Crippen LogP contribution in [0.3, 0.4) is 0 Å². The average molecular weight is 311 g/mol. The van der Waals surface area contributed by atoms with Gasteiger partial charge >= 0.3 is 0 Å². The van der Waals surface area contributed by atoms with E-state index in [4.69, 9.17) is 0 Å². The molecule has 0 bridgehead atoms. The second-order valence-corrected chi connectivity index (χ2v) is 6.45. The van der Waals surface area contributed by atoms with Crippen molar-refractivity contribution in [2.45, 2.75) is 20.0 Å². The van der Waals surface area contributed by atoms with Crippen molar-refractivity contribution in [2.75, 3.05) is 11.6 Å². The number of anilines is 2. The fourth-order valence-electron chi connectivity index (χ4n) is 2.89. The summed E-state index contributed by atoms with van der Waals surface area (Å²) in [6, 6.07) is 8.44. The van der Waals surface area contributed by atoms with Crippen LogP contribution in [0.5, 0.6) is 0 Å². The largest absolute Gasteiger partial charge is 0.346 e. The van der Waals surface area contributed by atoms with Crippen molar-refractivity contribution in [1.29, 1.82) is 0 Å². The Bertz CT molecular complexity index is 764. The summed E-state index contributed by atoms with van der Waals surface area (Å²) >= 11 is 1.70. The summed E-state index contributed by atoms with van der Waals surface area (Å²) in [6.45, 7) is 4.69. The molecule has 0 saturated heterocycles. The lowest BCUT2D eigenvalue weighted by molar-refractivity contribution is 0.248. The van der Waals surface area contributed by atoms with E-state index in [9.17, 15) is 0 Å². The molecule has 0 unspecified atom stereocenters. The third-order valence-electron chi connectivity index (χ3n) is 3.92. The molecule has 0 amide bonds. The molecular formula is C16H17N5S. The molecule has 0 fully saturated rings. The number of hydrogen-bond acceptors (Lipinski definition) is 5. The van der Waals surface area contributed by atoms with E-state index < -0.39 is 0 Å². The van der Waals surface area contributed by atoms with Gasteiger partial charge in [0.1, 0.15) is 5.01 Å². The Morgan fingerprint density at radius 3 is 3.00 bits per heavy atom. The molecule has 4 rings (SSSR count). The van der Waals surface area contributed by atoms with Crippen LogP contribution >= 0.6 is 11.3 Å². The molecule has 112 valence electrons. The maximum absolute atomic E-state index is 4.52. The topological polar surface area (TPSA) is 48.0 Å². The molecule has 1 aliphatic heterocycles. The van der Waals surface area contributed by atoms with Gasteiger partial charge in [-0.3, -0.25) is 4.90 Å². The van der Waals surface area contributed by atoms with Crippen LogP contribution in [0.2, 0.25) is 0 Å². The van der Waals surface area contributed by atoms with Gasteiger partial charge in [0.2, 0.25) is 0 Å². The van der Waals surface area contributed by atoms with Gasteiger partial charge in [-0.2, -0.15) is 0 Å². The lowest BCUT2D eigenvalue weighted by Crippen LogP contribution is -2.39. The van der Waals surface area contributed by atoms with E-state index >= 15 is 0 Å². The Hall–Kier alpha value is -2.18. The van der Waals surface area contributed by atoms with Gasteiger partial charge in [-0.1, -0.05) is 18.2 Å². The summed E-state index contributed by atoms with van der Waals surface area (Å²) in [7, 11) is 0. The van der Waals surface area contributed by atoms with Crippen LogP contribution in [0.15, 0.2) is 42.2 Å². The Kier molecular flexibility index (Phi) is 3.40. The first-order chi connectivity index (χ1) is 10.8. The Morgan fingerprint density at radius 1 is 1.27 bits per heavy atom. The lowest BCUT2D eigenvalue weighted by Gasteiger charge is -2.36. The average Bonchev–Trinajstić information content (AvgIpc) is 3.18. The molecule has 3 heterocycles. The van der Waals surface area contributed by atoms with Gasteiger partial charge in [0.15, 0.2) is 5.82 Å². The number of aromatic nitrogens is 3. The van der Waals surface area contributed by atoms with Crippen molar-refractivity contribution >= 4 is 22.8 Å². The number of hydrogen-bond donors (Lipinski definition) is 1. The molecule has 6 heteroatoms. The molecule has 0 radical (unpaired) electrons. The zero-order valence-electron chi connectivity index (χ0n) is 12.4. The summed E-state index contributed by atoms with van der Waals surface area (Å²) in [4.78, 5) is 16.9. The Balaban J connectivity index is 1.67. The molecule has 3 aromatic rings. The summed E-state index contributed by atoms with van der Waals surface area (Å²) in [5.41, 5.74) is 3.62. The summed E-state index contributed by atoms with van der Waals surface area (Å²) in [5, 5.41) is 3.17. The van der Waals surface area contributed by atoms with E-state index in [1.165, 1.54) is 11.3 Å². The molecule has 2 aromatic heterocycles.